The molecule has 4 heteroatoms. The van der Waals surface area contributed by atoms with Gasteiger partial charge in [-0.15, -0.1) is 0 Å². The van der Waals surface area contributed by atoms with E-state index in [-0.39, 0.29) is 5.92 Å². The van der Waals surface area contributed by atoms with Crippen molar-refractivity contribution in [1.29, 1.82) is 0 Å². The molecule has 0 amide bonds. The van der Waals surface area contributed by atoms with Gasteiger partial charge in [0.1, 0.15) is 0 Å². The molecule has 1 N–H and O–H groups in total. The summed E-state index contributed by atoms with van der Waals surface area (Å²) in [6, 6.07) is 0. The minimum Gasteiger partial charge on any atom is -0.285 e. The molecule has 3 nitrogen and oxygen atoms in total. The van der Waals surface area contributed by atoms with E-state index < -0.39 is 15.4 Å². The van der Waals surface area contributed by atoms with Crippen molar-refractivity contribution in [2.24, 2.45) is 11.8 Å². The molecule has 0 aromatic rings. The zero-order valence-corrected chi connectivity index (χ0v) is 10.2. The van der Waals surface area contributed by atoms with Crippen LogP contribution in [0.5, 0.6) is 0 Å². The van der Waals surface area contributed by atoms with Gasteiger partial charge < -0.3 is 0 Å². The van der Waals surface area contributed by atoms with E-state index in [1.807, 2.05) is 39.0 Å². The first-order chi connectivity index (χ1) is 6.86. The van der Waals surface area contributed by atoms with Crippen LogP contribution in [0, 0.1) is 11.8 Å². The summed E-state index contributed by atoms with van der Waals surface area (Å²) in [5.41, 5.74) is 1.10. The molecule has 0 heterocycles. The van der Waals surface area contributed by atoms with Gasteiger partial charge >= 0.3 is 0 Å². The van der Waals surface area contributed by atoms with Crippen molar-refractivity contribution in [3.63, 3.8) is 0 Å². The molecule has 0 bridgehead atoms. The van der Waals surface area contributed by atoms with Crippen LogP contribution in [0.1, 0.15) is 27.2 Å². The Balaban J connectivity index is 2.73. The summed E-state index contributed by atoms with van der Waals surface area (Å²) >= 11 is 0. The van der Waals surface area contributed by atoms with E-state index in [1.54, 1.807) is 0 Å². The van der Waals surface area contributed by atoms with Crippen LogP contribution in [0.4, 0.5) is 0 Å². The Morgan fingerprint density at radius 3 is 2.47 bits per heavy atom. The van der Waals surface area contributed by atoms with Gasteiger partial charge in [0.25, 0.3) is 10.1 Å². The van der Waals surface area contributed by atoms with E-state index in [2.05, 4.69) is 0 Å². The third kappa shape index (κ3) is 2.92. The molecule has 0 radical (unpaired) electrons. The van der Waals surface area contributed by atoms with Gasteiger partial charge in [-0.3, -0.25) is 4.55 Å². The summed E-state index contributed by atoms with van der Waals surface area (Å²) in [6.07, 6.45) is 6.32. The third-order valence-electron chi connectivity index (χ3n) is 3.11. The molecule has 3 unspecified atom stereocenters. The maximum absolute atomic E-state index is 11.0. The Labute approximate surface area is 91.6 Å². The quantitative estimate of drug-likeness (QED) is 0.598. The van der Waals surface area contributed by atoms with Crippen molar-refractivity contribution in [2.45, 2.75) is 32.4 Å². The van der Waals surface area contributed by atoms with Gasteiger partial charge in [-0.1, -0.05) is 30.7 Å². The molecule has 1 fully saturated rings. The van der Waals surface area contributed by atoms with E-state index >= 15 is 0 Å². The van der Waals surface area contributed by atoms with Crippen LogP contribution in [0.25, 0.3) is 0 Å². The SMILES string of the molecule is C/C=C(C)\C=C/C1C(C)CC1S(=O)(=O)O. The topological polar surface area (TPSA) is 54.4 Å². The van der Waals surface area contributed by atoms with Gasteiger partial charge in [0.05, 0.1) is 5.25 Å². The Kier molecular flexibility index (Phi) is 3.73. The molecular formula is C11H18O3S. The number of allylic oxidation sites excluding steroid dienone is 4. The smallest absolute Gasteiger partial charge is 0.268 e. The minimum atomic E-state index is -3.87. The molecular weight excluding hydrogens is 212 g/mol. The van der Waals surface area contributed by atoms with E-state index in [0.717, 1.165) is 5.57 Å². The molecule has 1 saturated carbocycles. The molecule has 3 atom stereocenters. The zero-order valence-electron chi connectivity index (χ0n) is 9.34. The third-order valence-corrected chi connectivity index (χ3v) is 4.38. The summed E-state index contributed by atoms with van der Waals surface area (Å²) in [5, 5.41) is -0.603. The van der Waals surface area contributed by atoms with Gasteiger partial charge in [0.2, 0.25) is 0 Å². The maximum Gasteiger partial charge on any atom is 0.268 e. The van der Waals surface area contributed by atoms with Crippen LogP contribution in [-0.4, -0.2) is 18.2 Å². The largest absolute Gasteiger partial charge is 0.285 e. The molecule has 86 valence electrons. The molecule has 0 aliphatic heterocycles. The van der Waals surface area contributed by atoms with Gasteiger partial charge in [-0.2, -0.15) is 8.42 Å². The second-order valence-corrected chi connectivity index (χ2v) is 5.87. The molecule has 1 aliphatic carbocycles. The van der Waals surface area contributed by atoms with Gasteiger partial charge in [-0.05, 0) is 32.1 Å². The summed E-state index contributed by atoms with van der Waals surface area (Å²) in [4.78, 5) is 0. The highest BCUT2D eigenvalue weighted by molar-refractivity contribution is 7.86. The summed E-state index contributed by atoms with van der Waals surface area (Å²) in [6.45, 7) is 5.90. The highest BCUT2D eigenvalue weighted by atomic mass is 32.2. The van der Waals surface area contributed by atoms with Crippen molar-refractivity contribution >= 4 is 10.1 Å². The normalized spacial score (nSPS) is 33.1. The summed E-state index contributed by atoms with van der Waals surface area (Å²) < 4.78 is 31.0. The second-order valence-electron chi connectivity index (χ2n) is 4.24. The monoisotopic (exact) mass is 230 g/mol. The van der Waals surface area contributed by atoms with Crippen LogP contribution >= 0.6 is 0 Å². The molecule has 15 heavy (non-hydrogen) atoms. The predicted molar refractivity (Wildman–Crippen MR) is 61.2 cm³/mol. The van der Waals surface area contributed by atoms with Crippen molar-refractivity contribution in [3.05, 3.63) is 23.8 Å². The fourth-order valence-electron chi connectivity index (χ4n) is 1.84. The van der Waals surface area contributed by atoms with Gasteiger partial charge in [0, 0.05) is 0 Å². The number of rotatable bonds is 3. The van der Waals surface area contributed by atoms with Crippen molar-refractivity contribution in [3.8, 4) is 0 Å². The van der Waals surface area contributed by atoms with Crippen molar-refractivity contribution < 1.29 is 13.0 Å². The van der Waals surface area contributed by atoms with Crippen LogP contribution in [0.2, 0.25) is 0 Å². The van der Waals surface area contributed by atoms with Crippen molar-refractivity contribution in [1.82, 2.24) is 0 Å². The molecule has 0 spiro atoms. The van der Waals surface area contributed by atoms with Crippen molar-refractivity contribution in [2.75, 3.05) is 0 Å². The highest BCUT2D eigenvalue weighted by Crippen LogP contribution is 2.39. The van der Waals surface area contributed by atoms with E-state index in [1.165, 1.54) is 0 Å². The fraction of sp³-hybridized carbons (Fsp3) is 0.636. The summed E-state index contributed by atoms with van der Waals surface area (Å²) in [7, 11) is -3.87. The maximum atomic E-state index is 11.0. The fourth-order valence-corrected chi connectivity index (χ4v) is 3.15. The molecule has 0 saturated heterocycles. The van der Waals surface area contributed by atoms with Crippen LogP contribution in [-0.2, 0) is 10.1 Å². The Hall–Kier alpha value is -0.610. The van der Waals surface area contributed by atoms with Gasteiger partial charge in [0.15, 0.2) is 0 Å². The lowest BCUT2D eigenvalue weighted by molar-refractivity contribution is 0.242. The first kappa shape index (κ1) is 12.5. The lowest BCUT2D eigenvalue weighted by atomic mass is 9.74. The van der Waals surface area contributed by atoms with E-state index in [9.17, 15) is 8.42 Å². The lowest BCUT2D eigenvalue weighted by Gasteiger charge is -2.38. The Morgan fingerprint density at radius 1 is 1.47 bits per heavy atom. The average molecular weight is 230 g/mol. The van der Waals surface area contributed by atoms with Crippen LogP contribution in [0.3, 0.4) is 0 Å². The number of hydrogen-bond acceptors (Lipinski definition) is 2. The second kappa shape index (κ2) is 4.49. The average Bonchev–Trinajstić information content (AvgIpc) is 2.12. The van der Waals surface area contributed by atoms with Crippen LogP contribution < -0.4 is 0 Å². The Morgan fingerprint density at radius 2 is 2.07 bits per heavy atom. The standard InChI is InChI=1S/C11H18O3S/c1-4-8(2)5-6-10-9(3)7-11(10)15(12,13)14/h4-6,9-11H,7H2,1-3H3,(H,12,13,14)/b6-5-,8-4-. The summed E-state index contributed by atoms with van der Waals surface area (Å²) in [5.74, 6) is 0.285. The molecule has 1 aliphatic rings. The van der Waals surface area contributed by atoms with Gasteiger partial charge in [-0.25, -0.2) is 0 Å². The molecule has 0 aromatic carbocycles. The Bertz CT molecular complexity index is 379. The molecule has 0 aromatic heterocycles. The zero-order chi connectivity index (χ0) is 11.6. The number of hydrogen-bond donors (Lipinski definition) is 1. The highest BCUT2D eigenvalue weighted by Gasteiger charge is 2.43. The van der Waals surface area contributed by atoms with Crippen LogP contribution in [0.15, 0.2) is 23.8 Å². The predicted octanol–water partition coefficient (Wildman–Crippen LogP) is 2.42. The minimum absolute atomic E-state index is 0.0464. The molecule has 1 rings (SSSR count). The van der Waals surface area contributed by atoms with E-state index in [0.29, 0.717) is 12.3 Å². The lowest BCUT2D eigenvalue weighted by Crippen LogP contribution is -2.43. The first-order valence-electron chi connectivity index (χ1n) is 5.13. The van der Waals surface area contributed by atoms with E-state index in [4.69, 9.17) is 4.55 Å². The first-order valence-corrected chi connectivity index (χ1v) is 6.64.